The van der Waals surface area contributed by atoms with Gasteiger partial charge in [0.05, 0.1) is 17.9 Å². The average Bonchev–Trinajstić information content (AvgIpc) is 2.95. The molecule has 1 aromatic rings. The highest BCUT2D eigenvalue weighted by Crippen LogP contribution is 2.37. The average molecular weight is 373 g/mol. The number of esters is 1. The molecule has 2 fully saturated rings. The minimum absolute atomic E-state index is 0.0606. The first-order valence-electron chi connectivity index (χ1n) is 9.64. The van der Waals surface area contributed by atoms with Gasteiger partial charge in [-0.1, -0.05) is 51.1 Å². The molecule has 2 amide bonds. The van der Waals surface area contributed by atoms with Crippen LogP contribution >= 0.6 is 0 Å². The Morgan fingerprint density at radius 2 is 1.81 bits per heavy atom. The van der Waals surface area contributed by atoms with Gasteiger partial charge in [-0.05, 0) is 31.2 Å². The molecule has 0 saturated carbocycles. The number of nitrogens with zero attached hydrogens (tertiary/aromatic N) is 1. The third-order valence-electron chi connectivity index (χ3n) is 5.73. The van der Waals surface area contributed by atoms with E-state index in [1.165, 1.54) is 4.90 Å². The summed E-state index contributed by atoms with van der Waals surface area (Å²) in [6.45, 7) is 7.51. The Labute approximate surface area is 159 Å². The van der Waals surface area contributed by atoms with Gasteiger partial charge in [0.15, 0.2) is 0 Å². The Balaban J connectivity index is 1.81. The standard InChI is InChI=1S/C21H27NO5/c1-5-16(17-12(2)11-13(3)20(24)26-17)19(23)22-14(4)18(27-21(22)25)15-9-7-6-8-10-15/h6-10,12-14,16-18H,5,11H2,1-4H3/t12-,13+,14+,16+,17-,18+/m0/s1. The van der Waals surface area contributed by atoms with E-state index < -0.39 is 30.3 Å². The zero-order valence-corrected chi connectivity index (χ0v) is 16.3. The lowest BCUT2D eigenvalue weighted by Gasteiger charge is -2.37. The second-order valence-electron chi connectivity index (χ2n) is 7.69. The van der Waals surface area contributed by atoms with Crippen LogP contribution in [0.25, 0.3) is 0 Å². The Bertz CT molecular complexity index is 719. The number of hydrogen-bond acceptors (Lipinski definition) is 5. The maximum Gasteiger partial charge on any atom is 0.417 e. The first-order valence-corrected chi connectivity index (χ1v) is 9.64. The number of rotatable bonds is 4. The number of ether oxygens (including phenoxy) is 2. The molecule has 146 valence electrons. The summed E-state index contributed by atoms with van der Waals surface area (Å²) in [5.74, 6) is -1.26. The van der Waals surface area contributed by atoms with Crippen LogP contribution in [0.1, 0.15) is 52.2 Å². The lowest BCUT2D eigenvalue weighted by molar-refractivity contribution is -0.171. The molecule has 6 atom stereocenters. The molecule has 0 spiro atoms. The molecule has 2 aliphatic heterocycles. The SMILES string of the molecule is CC[C@@H](C(=O)N1C(=O)O[C@@H](c2ccccc2)[C@H]1C)[C@H]1OC(=O)[C@H](C)C[C@@H]1C. The molecule has 2 heterocycles. The minimum Gasteiger partial charge on any atom is -0.461 e. The highest BCUT2D eigenvalue weighted by atomic mass is 16.6. The van der Waals surface area contributed by atoms with Crippen LogP contribution in [-0.4, -0.2) is 35.0 Å². The molecule has 0 unspecified atom stereocenters. The Hall–Kier alpha value is -2.37. The molecule has 27 heavy (non-hydrogen) atoms. The monoisotopic (exact) mass is 373 g/mol. The van der Waals surface area contributed by atoms with E-state index in [1.807, 2.05) is 58.0 Å². The summed E-state index contributed by atoms with van der Waals surface area (Å²) < 4.78 is 11.1. The summed E-state index contributed by atoms with van der Waals surface area (Å²) >= 11 is 0. The normalized spacial score (nSPS) is 32.0. The van der Waals surface area contributed by atoms with Gasteiger partial charge in [0.2, 0.25) is 5.91 Å². The van der Waals surface area contributed by atoms with Crippen molar-refractivity contribution in [2.75, 3.05) is 0 Å². The van der Waals surface area contributed by atoms with Crippen LogP contribution in [0.4, 0.5) is 4.79 Å². The van der Waals surface area contributed by atoms with Gasteiger partial charge in [0.25, 0.3) is 0 Å². The van der Waals surface area contributed by atoms with Crippen molar-refractivity contribution in [3.05, 3.63) is 35.9 Å². The van der Waals surface area contributed by atoms with Crippen LogP contribution in [0.15, 0.2) is 30.3 Å². The molecule has 6 heteroatoms. The number of carbonyl (C=O) groups is 3. The van der Waals surface area contributed by atoms with E-state index in [1.54, 1.807) is 0 Å². The third-order valence-corrected chi connectivity index (χ3v) is 5.73. The summed E-state index contributed by atoms with van der Waals surface area (Å²) in [7, 11) is 0. The summed E-state index contributed by atoms with van der Waals surface area (Å²) in [6.07, 6.45) is -0.474. The van der Waals surface area contributed by atoms with Crippen molar-refractivity contribution in [2.24, 2.45) is 17.8 Å². The molecule has 2 saturated heterocycles. The zero-order valence-electron chi connectivity index (χ0n) is 16.3. The number of cyclic esters (lactones) is 2. The predicted molar refractivity (Wildman–Crippen MR) is 98.6 cm³/mol. The number of benzene rings is 1. The molecular formula is C21H27NO5. The lowest BCUT2D eigenvalue weighted by Crippen LogP contribution is -2.49. The van der Waals surface area contributed by atoms with Gasteiger partial charge in [-0.2, -0.15) is 0 Å². The molecule has 0 radical (unpaired) electrons. The zero-order chi connectivity index (χ0) is 19.7. The van der Waals surface area contributed by atoms with E-state index in [4.69, 9.17) is 9.47 Å². The second-order valence-corrected chi connectivity index (χ2v) is 7.69. The fraction of sp³-hybridized carbons (Fsp3) is 0.571. The van der Waals surface area contributed by atoms with Crippen molar-refractivity contribution in [2.45, 2.75) is 58.8 Å². The van der Waals surface area contributed by atoms with Crippen LogP contribution in [0.3, 0.4) is 0 Å². The molecule has 2 aliphatic rings. The van der Waals surface area contributed by atoms with E-state index in [0.717, 1.165) is 5.56 Å². The summed E-state index contributed by atoms with van der Waals surface area (Å²) in [4.78, 5) is 39.0. The first kappa shape index (κ1) is 19.4. The predicted octanol–water partition coefficient (Wildman–Crippen LogP) is 3.71. The van der Waals surface area contributed by atoms with E-state index in [9.17, 15) is 14.4 Å². The second kappa shape index (κ2) is 7.71. The van der Waals surface area contributed by atoms with Crippen molar-refractivity contribution in [3.63, 3.8) is 0 Å². The van der Waals surface area contributed by atoms with Crippen molar-refractivity contribution >= 4 is 18.0 Å². The Kier molecular flexibility index (Phi) is 5.53. The van der Waals surface area contributed by atoms with Crippen LogP contribution in [0.2, 0.25) is 0 Å². The van der Waals surface area contributed by atoms with Crippen molar-refractivity contribution in [1.29, 1.82) is 0 Å². The fourth-order valence-corrected chi connectivity index (χ4v) is 4.20. The van der Waals surface area contributed by atoms with Gasteiger partial charge in [-0.15, -0.1) is 0 Å². The van der Waals surface area contributed by atoms with Crippen molar-refractivity contribution in [1.82, 2.24) is 4.90 Å². The summed E-state index contributed by atoms with van der Waals surface area (Å²) in [6, 6.07) is 8.98. The Morgan fingerprint density at radius 3 is 2.44 bits per heavy atom. The first-order chi connectivity index (χ1) is 12.8. The van der Waals surface area contributed by atoms with Gasteiger partial charge in [0.1, 0.15) is 12.2 Å². The summed E-state index contributed by atoms with van der Waals surface area (Å²) in [5.41, 5.74) is 0.855. The van der Waals surface area contributed by atoms with E-state index in [-0.39, 0.29) is 23.7 Å². The van der Waals surface area contributed by atoms with Gasteiger partial charge in [0, 0.05) is 0 Å². The van der Waals surface area contributed by atoms with Crippen LogP contribution < -0.4 is 0 Å². The maximum absolute atomic E-state index is 13.2. The maximum atomic E-state index is 13.2. The quantitative estimate of drug-likeness (QED) is 0.752. The molecular weight excluding hydrogens is 346 g/mol. The van der Waals surface area contributed by atoms with E-state index in [2.05, 4.69) is 0 Å². The number of amides is 2. The molecule has 0 aromatic heterocycles. The highest BCUT2D eigenvalue weighted by molar-refractivity contribution is 5.95. The summed E-state index contributed by atoms with van der Waals surface area (Å²) in [5, 5.41) is 0. The van der Waals surface area contributed by atoms with E-state index >= 15 is 0 Å². The van der Waals surface area contributed by atoms with Crippen LogP contribution in [0.5, 0.6) is 0 Å². The van der Waals surface area contributed by atoms with Gasteiger partial charge < -0.3 is 9.47 Å². The minimum atomic E-state index is -0.636. The van der Waals surface area contributed by atoms with Crippen molar-refractivity contribution < 1.29 is 23.9 Å². The smallest absolute Gasteiger partial charge is 0.417 e. The number of hydrogen-bond donors (Lipinski definition) is 0. The van der Waals surface area contributed by atoms with E-state index in [0.29, 0.717) is 12.8 Å². The third kappa shape index (κ3) is 3.57. The molecule has 3 rings (SSSR count). The van der Waals surface area contributed by atoms with Crippen LogP contribution in [0, 0.1) is 17.8 Å². The largest absolute Gasteiger partial charge is 0.461 e. The molecule has 0 bridgehead atoms. The van der Waals surface area contributed by atoms with Gasteiger partial charge >= 0.3 is 12.1 Å². The number of imide groups is 1. The fourth-order valence-electron chi connectivity index (χ4n) is 4.20. The number of carbonyl (C=O) groups excluding carboxylic acids is 3. The lowest BCUT2D eigenvalue weighted by atomic mass is 9.81. The van der Waals surface area contributed by atoms with Crippen molar-refractivity contribution in [3.8, 4) is 0 Å². The van der Waals surface area contributed by atoms with Gasteiger partial charge in [-0.3, -0.25) is 9.59 Å². The molecule has 0 aliphatic carbocycles. The topological polar surface area (TPSA) is 72.9 Å². The molecule has 6 nitrogen and oxygen atoms in total. The molecule has 0 N–H and O–H groups in total. The van der Waals surface area contributed by atoms with Gasteiger partial charge in [-0.25, -0.2) is 9.69 Å². The highest BCUT2D eigenvalue weighted by Gasteiger charge is 2.48. The van der Waals surface area contributed by atoms with Crippen LogP contribution in [-0.2, 0) is 19.1 Å². The Morgan fingerprint density at radius 1 is 1.15 bits per heavy atom. The molecule has 1 aromatic carbocycles.